The van der Waals surface area contributed by atoms with Gasteiger partial charge in [0.25, 0.3) is 0 Å². The van der Waals surface area contributed by atoms with Gasteiger partial charge in [0.2, 0.25) is 15.9 Å². The van der Waals surface area contributed by atoms with Crippen LogP contribution >= 0.6 is 0 Å². The molecule has 23 heavy (non-hydrogen) atoms. The number of nitrogens with zero attached hydrogens (tertiary/aromatic N) is 1. The average molecular weight is 346 g/mol. The minimum Gasteiger partial charge on any atom is -0.376 e. The van der Waals surface area contributed by atoms with Gasteiger partial charge in [0, 0.05) is 19.7 Å². The Bertz CT molecular complexity index is 500. The van der Waals surface area contributed by atoms with Crippen molar-refractivity contribution in [2.45, 2.75) is 69.9 Å². The van der Waals surface area contributed by atoms with Crippen LogP contribution in [0.4, 0.5) is 0 Å². The highest BCUT2D eigenvalue weighted by Gasteiger charge is 2.45. The second kappa shape index (κ2) is 7.94. The lowest BCUT2D eigenvalue weighted by Gasteiger charge is -2.42. The zero-order valence-electron chi connectivity index (χ0n) is 14.3. The quantitative estimate of drug-likeness (QED) is 0.793. The molecule has 6 nitrogen and oxygen atoms in total. The predicted octanol–water partition coefficient (Wildman–Crippen LogP) is 1.66. The monoisotopic (exact) mass is 346 g/mol. The standard InChI is InChI=1S/C16H30N2O4S/c1-3-12-22-14-8-7-11-18(13-14)15(19)16(17-23(2,20)21)9-5-4-6-10-16/h14,17H,3-13H2,1-2H3/t14-/m1/s1. The van der Waals surface area contributed by atoms with Gasteiger partial charge in [-0.2, -0.15) is 4.72 Å². The predicted molar refractivity (Wildman–Crippen MR) is 89.6 cm³/mol. The van der Waals surface area contributed by atoms with Gasteiger partial charge in [-0.3, -0.25) is 4.79 Å². The number of rotatable bonds is 6. The molecule has 134 valence electrons. The summed E-state index contributed by atoms with van der Waals surface area (Å²) in [6.45, 7) is 4.04. The summed E-state index contributed by atoms with van der Waals surface area (Å²) >= 11 is 0. The van der Waals surface area contributed by atoms with Gasteiger partial charge >= 0.3 is 0 Å². The third kappa shape index (κ3) is 5.16. The molecule has 1 aliphatic carbocycles. The molecule has 1 saturated carbocycles. The van der Waals surface area contributed by atoms with Gasteiger partial charge in [-0.1, -0.05) is 26.2 Å². The van der Waals surface area contributed by atoms with Crippen molar-refractivity contribution in [1.82, 2.24) is 9.62 Å². The van der Waals surface area contributed by atoms with Crippen molar-refractivity contribution in [3.63, 3.8) is 0 Å². The molecule has 0 radical (unpaired) electrons. The molecule has 7 heteroatoms. The van der Waals surface area contributed by atoms with Gasteiger partial charge in [0.05, 0.1) is 12.4 Å². The summed E-state index contributed by atoms with van der Waals surface area (Å²) in [5.41, 5.74) is -0.946. The lowest BCUT2D eigenvalue weighted by molar-refractivity contribution is -0.143. The van der Waals surface area contributed by atoms with Crippen LogP contribution in [0, 0.1) is 0 Å². The summed E-state index contributed by atoms with van der Waals surface area (Å²) < 4.78 is 32.1. The summed E-state index contributed by atoms with van der Waals surface area (Å²) in [5, 5.41) is 0. The van der Waals surface area contributed by atoms with Gasteiger partial charge in [0.15, 0.2) is 0 Å². The van der Waals surface area contributed by atoms with Gasteiger partial charge in [-0.05, 0) is 32.1 Å². The molecule has 1 amide bonds. The van der Waals surface area contributed by atoms with E-state index in [4.69, 9.17) is 4.74 Å². The number of sulfonamides is 1. The zero-order chi connectivity index (χ0) is 16.9. The van der Waals surface area contributed by atoms with E-state index in [1.54, 1.807) is 0 Å². The number of piperidine rings is 1. The van der Waals surface area contributed by atoms with Crippen molar-refractivity contribution in [2.75, 3.05) is 26.0 Å². The van der Waals surface area contributed by atoms with Crippen LogP contribution in [0.25, 0.3) is 0 Å². The highest BCUT2D eigenvalue weighted by molar-refractivity contribution is 7.88. The molecule has 1 heterocycles. The lowest BCUT2D eigenvalue weighted by Crippen LogP contribution is -2.62. The first-order chi connectivity index (χ1) is 10.9. The van der Waals surface area contributed by atoms with Crippen molar-refractivity contribution in [1.29, 1.82) is 0 Å². The Kier molecular flexibility index (Phi) is 6.45. The van der Waals surface area contributed by atoms with E-state index in [1.807, 2.05) is 4.90 Å². The van der Waals surface area contributed by atoms with Gasteiger partial charge < -0.3 is 9.64 Å². The maximum absolute atomic E-state index is 13.1. The summed E-state index contributed by atoms with van der Waals surface area (Å²) in [6, 6.07) is 0. The highest BCUT2D eigenvalue weighted by atomic mass is 32.2. The largest absolute Gasteiger partial charge is 0.376 e. The maximum Gasteiger partial charge on any atom is 0.243 e. The van der Waals surface area contributed by atoms with Crippen LogP contribution in [0.15, 0.2) is 0 Å². The van der Waals surface area contributed by atoms with Gasteiger partial charge in [0.1, 0.15) is 5.54 Å². The van der Waals surface area contributed by atoms with Crippen molar-refractivity contribution in [3.05, 3.63) is 0 Å². The van der Waals surface area contributed by atoms with Crippen LogP contribution in [-0.4, -0.2) is 56.8 Å². The van der Waals surface area contributed by atoms with E-state index in [2.05, 4.69) is 11.6 Å². The Morgan fingerprint density at radius 3 is 2.57 bits per heavy atom. The number of amides is 1. The average Bonchev–Trinajstić information content (AvgIpc) is 2.51. The van der Waals surface area contributed by atoms with E-state index in [-0.39, 0.29) is 12.0 Å². The molecule has 1 atom stereocenters. The van der Waals surface area contributed by atoms with E-state index in [9.17, 15) is 13.2 Å². The van der Waals surface area contributed by atoms with E-state index in [0.717, 1.165) is 44.8 Å². The second-order valence-electron chi connectivity index (χ2n) is 6.90. The summed E-state index contributed by atoms with van der Waals surface area (Å²) in [5.74, 6) is -0.0626. The van der Waals surface area contributed by atoms with Crippen LogP contribution < -0.4 is 4.72 Å². The summed E-state index contributed by atoms with van der Waals surface area (Å²) in [7, 11) is -3.42. The van der Waals surface area contributed by atoms with Crippen molar-refractivity contribution in [2.24, 2.45) is 0 Å². The molecule has 0 aromatic carbocycles. The molecular formula is C16H30N2O4S. The smallest absolute Gasteiger partial charge is 0.243 e. The number of nitrogens with one attached hydrogen (secondary N) is 1. The van der Waals surface area contributed by atoms with Crippen LogP contribution in [0.1, 0.15) is 58.3 Å². The number of ether oxygens (including phenoxy) is 1. The van der Waals surface area contributed by atoms with Crippen LogP contribution in [0.2, 0.25) is 0 Å². The molecule has 2 fully saturated rings. The highest BCUT2D eigenvalue weighted by Crippen LogP contribution is 2.32. The Balaban J connectivity index is 2.10. The number of hydrogen-bond acceptors (Lipinski definition) is 4. The SMILES string of the molecule is CCCO[C@@H]1CCCN(C(=O)C2(NS(C)(=O)=O)CCCCC2)C1. The second-order valence-corrected chi connectivity index (χ2v) is 8.65. The molecule has 0 aromatic rings. The maximum atomic E-state index is 13.1. The van der Waals surface area contributed by atoms with Crippen LogP contribution in [0.5, 0.6) is 0 Å². The first-order valence-electron chi connectivity index (χ1n) is 8.76. The van der Waals surface area contributed by atoms with Gasteiger partial charge in [-0.15, -0.1) is 0 Å². The van der Waals surface area contributed by atoms with E-state index < -0.39 is 15.6 Å². The molecule has 2 rings (SSSR count). The molecule has 0 spiro atoms. The van der Waals surface area contributed by atoms with E-state index >= 15 is 0 Å². The first-order valence-corrected chi connectivity index (χ1v) is 10.7. The fraction of sp³-hybridized carbons (Fsp3) is 0.938. The summed E-state index contributed by atoms with van der Waals surface area (Å²) in [6.07, 6.45) is 8.08. The fourth-order valence-electron chi connectivity index (χ4n) is 3.72. The van der Waals surface area contributed by atoms with Crippen molar-refractivity contribution >= 4 is 15.9 Å². The molecule has 2 aliphatic rings. The third-order valence-corrected chi connectivity index (χ3v) is 5.48. The molecule has 1 aliphatic heterocycles. The Morgan fingerprint density at radius 1 is 1.26 bits per heavy atom. The molecule has 1 saturated heterocycles. The van der Waals surface area contributed by atoms with E-state index in [1.165, 1.54) is 0 Å². The van der Waals surface area contributed by atoms with Crippen molar-refractivity contribution in [3.8, 4) is 0 Å². The molecule has 0 aromatic heterocycles. The number of hydrogen-bond donors (Lipinski definition) is 1. The third-order valence-electron chi connectivity index (χ3n) is 4.72. The minimum absolute atomic E-state index is 0.0626. The van der Waals surface area contributed by atoms with Gasteiger partial charge in [-0.25, -0.2) is 8.42 Å². The van der Waals surface area contributed by atoms with E-state index in [0.29, 0.717) is 32.5 Å². The Labute approximate surface area is 140 Å². The molecule has 0 bridgehead atoms. The normalized spacial score (nSPS) is 25.3. The first kappa shape index (κ1) is 18.7. The number of likely N-dealkylation sites (tertiary alicyclic amines) is 1. The number of carbonyl (C=O) groups excluding carboxylic acids is 1. The Morgan fingerprint density at radius 2 is 1.96 bits per heavy atom. The fourth-order valence-corrected chi connectivity index (χ4v) is 4.72. The lowest BCUT2D eigenvalue weighted by atomic mass is 9.81. The minimum atomic E-state index is -3.42. The zero-order valence-corrected chi connectivity index (χ0v) is 15.2. The van der Waals surface area contributed by atoms with Crippen LogP contribution in [0.3, 0.4) is 0 Å². The molecule has 0 unspecified atom stereocenters. The summed E-state index contributed by atoms with van der Waals surface area (Å²) in [4.78, 5) is 14.9. The Hall–Kier alpha value is -0.660. The number of carbonyl (C=O) groups is 1. The topological polar surface area (TPSA) is 75.7 Å². The molecule has 1 N–H and O–H groups in total. The molecular weight excluding hydrogens is 316 g/mol. The van der Waals surface area contributed by atoms with Crippen LogP contribution in [-0.2, 0) is 19.6 Å². The van der Waals surface area contributed by atoms with Crippen molar-refractivity contribution < 1.29 is 17.9 Å².